The number of nitrogens with one attached hydrogen (secondary N) is 2. The lowest BCUT2D eigenvalue weighted by Gasteiger charge is -2.38. The van der Waals surface area contributed by atoms with Gasteiger partial charge < -0.3 is 28.0 Å². The minimum atomic E-state index is -1.53. The fraction of sp³-hybridized carbons (Fsp3) is 0.429. The van der Waals surface area contributed by atoms with Crippen molar-refractivity contribution in [2.75, 3.05) is 33.3 Å². The van der Waals surface area contributed by atoms with Crippen LogP contribution in [0, 0.1) is 5.92 Å². The highest BCUT2D eigenvalue weighted by atomic mass is 31.2. The summed E-state index contributed by atoms with van der Waals surface area (Å²) < 4.78 is 42.1. The lowest BCUT2D eigenvalue weighted by molar-refractivity contribution is -0.118. The molecular formula is C42H53N6O8P. The molecule has 0 radical (unpaired) electrons. The van der Waals surface area contributed by atoms with Gasteiger partial charge in [0.25, 0.3) is 14.1 Å². The van der Waals surface area contributed by atoms with Gasteiger partial charge in [0.2, 0.25) is 11.9 Å². The van der Waals surface area contributed by atoms with E-state index in [1.54, 1.807) is 39.7 Å². The van der Waals surface area contributed by atoms with Crippen molar-refractivity contribution < 1.29 is 32.8 Å². The van der Waals surface area contributed by atoms with Crippen LogP contribution < -0.4 is 20.3 Å². The Labute approximate surface area is 334 Å². The molecular weight excluding hydrogens is 747 g/mol. The number of nitrogens with zero attached hydrogens (tertiary/aromatic N) is 4. The van der Waals surface area contributed by atoms with E-state index in [9.17, 15) is 9.59 Å². The van der Waals surface area contributed by atoms with Crippen LogP contribution in [0.15, 0.2) is 90.0 Å². The van der Waals surface area contributed by atoms with Gasteiger partial charge in [-0.15, -0.1) is 0 Å². The van der Waals surface area contributed by atoms with Gasteiger partial charge in [-0.1, -0.05) is 68.4 Å². The first-order valence-corrected chi connectivity index (χ1v) is 20.2. The summed E-state index contributed by atoms with van der Waals surface area (Å²) in [5.41, 5.74) is 1.43. The summed E-state index contributed by atoms with van der Waals surface area (Å²) in [7, 11) is 3.40. The van der Waals surface area contributed by atoms with Crippen LogP contribution in [0.5, 0.6) is 11.5 Å². The summed E-state index contributed by atoms with van der Waals surface area (Å²) in [4.78, 5) is 37.3. The molecule has 0 aliphatic carbocycles. The monoisotopic (exact) mass is 800 g/mol. The molecule has 1 saturated heterocycles. The van der Waals surface area contributed by atoms with Gasteiger partial charge in [-0.05, 0) is 68.7 Å². The van der Waals surface area contributed by atoms with Crippen LogP contribution in [-0.2, 0) is 28.9 Å². The molecule has 0 bridgehead atoms. The Balaban J connectivity index is 1.43. The van der Waals surface area contributed by atoms with Crippen molar-refractivity contribution in [3.8, 4) is 11.5 Å². The fourth-order valence-electron chi connectivity index (χ4n) is 7.15. The molecule has 3 aromatic carbocycles. The van der Waals surface area contributed by atoms with Gasteiger partial charge in [-0.25, -0.2) is 9.65 Å². The van der Waals surface area contributed by atoms with Crippen molar-refractivity contribution in [2.24, 2.45) is 5.92 Å². The van der Waals surface area contributed by atoms with Crippen LogP contribution in [0.1, 0.15) is 70.9 Å². The van der Waals surface area contributed by atoms with Gasteiger partial charge >= 0.3 is 0 Å². The quantitative estimate of drug-likeness (QED) is 0.0715. The van der Waals surface area contributed by atoms with Gasteiger partial charge in [-0.2, -0.15) is 4.98 Å². The van der Waals surface area contributed by atoms with Gasteiger partial charge in [-0.3, -0.25) is 24.5 Å². The fourth-order valence-corrected chi connectivity index (χ4v) is 8.74. The summed E-state index contributed by atoms with van der Waals surface area (Å²) in [6.07, 6.45) is 0.0704. The van der Waals surface area contributed by atoms with E-state index in [2.05, 4.69) is 52.6 Å². The number of rotatable bonds is 17. The SMILES string of the molecule is COc1ccc(C(OCC2OC(n3cnc4c(=O)[nH]c(NC(=O)C(C)C)nc43)CC2OP(OC)N(C(C)C)C(C)C)(c2ccccc2)c2ccc(OC)cc2)cc1. The molecule has 57 heavy (non-hydrogen) atoms. The highest BCUT2D eigenvalue weighted by Gasteiger charge is 2.45. The van der Waals surface area contributed by atoms with Gasteiger partial charge in [0.15, 0.2) is 11.2 Å². The van der Waals surface area contributed by atoms with Crippen molar-refractivity contribution in [3.63, 3.8) is 0 Å². The molecule has 0 saturated carbocycles. The van der Waals surface area contributed by atoms with Crippen LogP contribution in [0.2, 0.25) is 0 Å². The number of hydrogen-bond donors (Lipinski definition) is 2. The van der Waals surface area contributed by atoms with Gasteiger partial charge in [0.1, 0.15) is 29.4 Å². The maximum Gasteiger partial charge on any atom is 0.280 e. The molecule has 1 aliphatic heterocycles. The lowest BCUT2D eigenvalue weighted by Crippen LogP contribution is -2.39. The zero-order valence-corrected chi connectivity index (χ0v) is 34.9. The first-order chi connectivity index (χ1) is 27.4. The van der Waals surface area contributed by atoms with E-state index in [1.807, 2.05) is 78.9 Å². The molecule has 0 spiro atoms. The van der Waals surface area contributed by atoms with Crippen molar-refractivity contribution in [3.05, 3.63) is 112 Å². The number of imidazole rings is 1. The van der Waals surface area contributed by atoms with Crippen molar-refractivity contribution in [1.29, 1.82) is 0 Å². The average molecular weight is 801 g/mol. The molecule has 15 heteroatoms. The molecule has 304 valence electrons. The number of fused-ring (bicyclic) bond motifs is 1. The molecule has 3 heterocycles. The van der Waals surface area contributed by atoms with Crippen LogP contribution in [0.3, 0.4) is 0 Å². The Morgan fingerprint density at radius 2 is 1.49 bits per heavy atom. The summed E-state index contributed by atoms with van der Waals surface area (Å²) in [6.45, 7) is 12.0. The zero-order chi connectivity index (χ0) is 40.9. The minimum Gasteiger partial charge on any atom is -0.497 e. The maximum absolute atomic E-state index is 13.1. The number of carbonyl (C=O) groups excluding carboxylic acids is 1. The van der Waals surface area contributed by atoms with E-state index in [0.29, 0.717) is 17.9 Å². The van der Waals surface area contributed by atoms with E-state index in [4.69, 9.17) is 28.0 Å². The zero-order valence-electron chi connectivity index (χ0n) is 34.0. The molecule has 4 atom stereocenters. The number of anilines is 1. The van der Waals surface area contributed by atoms with Crippen LogP contribution in [0.25, 0.3) is 11.2 Å². The largest absolute Gasteiger partial charge is 0.497 e. The number of aromatic nitrogens is 4. The first kappa shape index (κ1) is 41.9. The van der Waals surface area contributed by atoms with Gasteiger partial charge in [0.05, 0.1) is 33.3 Å². The molecule has 14 nitrogen and oxygen atoms in total. The number of carbonyl (C=O) groups is 1. The van der Waals surface area contributed by atoms with Crippen LogP contribution in [0.4, 0.5) is 5.95 Å². The third kappa shape index (κ3) is 8.91. The number of H-pyrrole nitrogens is 1. The summed E-state index contributed by atoms with van der Waals surface area (Å²) in [5.74, 6) is 0.849. The van der Waals surface area contributed by atoms with E-state index in [0.717, 1.165) is 16.7 Å². The predicted octanol–water partition coefficient (Wildman–Crippen LogP) is 7.40. The van der Waals surface area contributed by atoms with Crippen LogP contribution in [-0.4, -0.2) is 82.3 Å². The normalized spacial score (nSPS) is 17.9. The second-order valence-corrected chi connectivity index (χ2v) is 16.2. The minimum absolute atomic E-state index is 0.0256. The Morgan fingerprint density at radius 3 is 2.02 bits per heavy atom. The molecule has 1 amide bonds. The highest BCUT2D eigenvalue weighted by Crippen LogP contribution is 2.50. The van der Waals surface area contributed by atoms with E-state index in [-0.39, 0.29) is 47.6 Å². The Hall–Kier alpha value is -4.69. The topological polar surface area (TPSA) is 151 Å². The van der Waals surface area contributed by atoms with Crippen molar-refractivity contribution >= 4 is 31.5 Å². The summed E-state index contributed by atoms with van der Waals surface area (Å²) in [6, 6.07) is 26.0. The maximum atomic E-state index is 13.1. The number of benzene rings is 3. The molecule has 2 aromatic heterocycles. The van der Waals surface area contributed by atoms with Gasteiger partial charge in [0, 0.05) is 31.5 Å². The lowest BCUT2D eigenvalue weighted by atomic mass is 9.80. The van der Waals surface area contributed by atoms with E-state index < -0.39 is 38.1 Å². The summed E-state index contributed by atoms with van der Waals surface area (Å²) in [5, 5.41) is 2.70. The first-order valence-electron chi connectivity index (χ1n) is 19.1. The predicted molar refractivity (Wildman–Crippen MR) is 219 cm³/mol. The summed E-state index contributed by atoms with van der Waals surface area (Å²) >= 11 is 0. The van der Waals surface area contributed by atoms with Crippen LogP contribution >= 0.6 is 8.53 Å². The number of methoxy groups -OCH3 is 2. The third-order valence-electron chi connectivity index (χ3n) is 9.96. The molecule has 5 aromatic rings. The molecule has 2 N–H and O–H groups in total. The number of hydrogen-bond acceptors (Lipinski definition) is 11. The third-order valence-corrected chi connectivity index (χ3v) is 12.0. The molecule has 4 unspecified atom stereocenters. The van der Waals surface area contributed by atoms with E-state index >= 15 is 0 Å². The van der Waals surface area contributed by atoms with Crippen molar-refractivity contribution in [1.82, 2.24) is 24.2 Å². The standard InChI is InChI=1S/C42H53N6O8P/c1-26(2)39(49)45-41-44-38-37(40(50)46-41)43-25-47(38)36-23-34(56-57(53-9)48(27(3)4)28(5)6)35(55-36)24-54-42(29-13-11-10-12-14-29,30-15-19-32(51-7)20-16-30)31-17-21-33(52-8)22-18-31/h10-22,25-28,34-36H,23-24H2,1-9H3,(H2,44,45,46,49,50). The second kappa shape index (κ2) is 18.3. The Bertz CT molecular complexity index is 2090. The molecule has 6 rings (SSSR count). The average Bonchev–Trinajstić information content (AvgIpc) is 3.82. The number of ether oxygens (including phenoxy) is 4. The highest BCUT2D eigenvalue weighted by molar-refractivity contribution is 7.44. The molecule has 1 fully saturated rings. The number of aromatic amines is 1. The molecule has 1 aliphatic rings. The van der Waals surface area contributed by atoms with E-state index in [1.165, 1.54) is 6.33 Å². The second-order valence-electron chi connectivity index (χ2n) is 14.7. The Morgan fingerprint density at radius 1 is 0.912 bits per heavy atom. The smallest absolute Gasteiger partial charge is 0.280 e. The van der Waals surface area contributed by atoms with Crippen molar-refractivity contribution in [2.45, 2.75) is 84.1 Å². The number of amides is 1. The Kier molecular flexibility index (Phi) is 13.4.